The highest BCUT2D eigenvalue weighted by atomic mass is 32.2. The molecule has 31 heavy (non-hydrogen) atoms. The van der Waals surface area contributed by atoms with Gasteiger partial charge in [0.1, 0.15) is 0 Å². The third-order valence-corrected chi connectivity index (χ3v) is 6.08. The molecule has 0 aliphatic carbocycles. The van der Waals surface area contributed by atoms with Crippen molar-refractivity contribution in [1.82, 2.24) is 0 Å². The minimum atomic E-state index is -3.72. The van der Waals surface area contributed by atoms with E-state index in [1.165, 1.54) is 6.07 Å². The Morgan fingerprint density at radius 1 is 1.10 bits per heavy atom. The molecule has 1 heterocycles. The van der Waals surface area contributed by atoms with Gasteiger partial charge in [-0.1, -0.05) is 0 Å². The van der Waals surface area contributed by atoms with Crippen LogP contribution in [0.25, 0.3) is 0 Å². The number of hydrogen-bond donors (Lipinski definition) is 1. The molecule has 0 bridgehead atoms. The molecule has 2 aromatic carbocycles. The summed E-state index contributed by atoms with van der Waals surface area (Å²) in [6.07, 6.45) is 1.26. The highest BCUT2D eigenvalue weighted by molar-refractivity contribution is 7.92. The van der Waals surface area contributed by atoms with Gasteiger partial charge in [0.05, 0.1) is 25.2 Å². The lowest BCUT2D eigenvalue weighted by Crippen LogP contribution is -2.36. The number of carbonyl (C=O) groups is 1. The summed E-state index contributed by atoms with van der Waals surface area (Å²) in [6, 6.07) is 10.4. The molecule has 2 aromatic rings. The number of nitrogens with one attached hydrogen (secondary N) is 1. The Labute approximate surface area is 180 Å². The van der Waals surface area contributed by atoms with Crippen molar-refractivity contribution >= 4 is 33.0 Å². The third kappa shape index (κ3) is 6.38. The predicted molar refractivity (Wildman–Crippen MR) is 116 cm³/mol. The van der Waals surface area contributed by atoms with Crippen molar-refractivity contribution in [3.05, 3.63) is 54.1 Å². The van der Waals surface area contributed by atoms with Crippen molar-refractivity contribution in [3.8, 4) is 0 Å². The van der Waals surface area contributed by atoms with Crippen LogP contribution in [0.5, 0.6) is 0 Å². The van der Waals surface area contributed by atoms with Crippen LogP contribution in [0.4, 0.5) is 25.8 Å². The van der Waals surface area contributed by atoms with E-state index >= 15 is 0 Å². The summed E-state index contributed by atoms with van der Waals surface area (Å²) in [5.74, 6) is -2.46. The first-order valence-electron chi connectivity index (χ1n) is 9.89. The fourth-order valence-electron chi connectivity index (χ4n) is 3.31. The van der Waals surface area contributed by atoms with Gasteiger partial charge in [-0.15, -0.1) is 0 Å². The van der Waals surface area contributed by atoms with Gasteiger partial charge >= 0.3 is 0 Å². The maximum atomic E-state index is 13.5. The summed E-state index contributed by atoms with van der Waals surface area (Å²) in [6.45, 7) is 2.98. The van der Waals surface area contributed by atoms with Gasteiger partial charge in [0.2, 0.25) is 15.9 Å². The van der Waals surface area contributed by atoms with E-state index < -0.39 is 21.7 Å². The summed E-state index contributed by atoms with van der Waals surface area (Å²) in [5.41, 5.74) is 1.71. The van der Waals surface area contributed by atoms with Crippen molar-refractivity contribution in [2.75, 3.05) is 53.6 Å². The van der Waals surface area contributed by atoms with Gasteiger partial charge in [-0.05, 0) is 42.8 Å². The number of ether oxygens (including phenoxy) is 1. The van der Waals surface area contributed by atoms with Gasteiger partial charge in [0, 0.05) is 43.5 Å². The molecule has 1 N–H and O–H groups in total. The van der Waals surface area contributed by atoms with Gasteiger partial charge in [0.25, 0.3) is 0 Å². The Balaban J connectivity index is 1.53. The standard InChI is InChI=1S/C21H25F2N3O4S/c1-31(28,29)26(18-8-9-19(22)20(23)15-18)10-2-3-21(27)24-16-4-6-17(7-5-16)25-11-13-30-14-12-25/h4-9,15H,2-3,10-14H2,1H3,(H,24,27). The average Bonchev–Trinajstić information content (AvgIpc) is 2.74. The minimum absolute atomic E-state index is 0.0144. The molecule has 0 atom stereocenters. The third-order valence-electron chi connectivity index (χ3n) is 4.88. The molecule has 7 nitrogen and oxygen atoms in total. The molecular weight excluding hydrogens is 428 g/mol. The lowest BCUT2D eigenvalue weighted by molar-refractivity contribution is -0.116. The van der Waals surface area contributed by atoms with Crippen molar-refractivity contribution < 1.29 is 26.7 Å². The van der Waals surface area contributed by atoms with Crippen LogP contribution in [-0.2, 0) is 19.6 Å². The molecule has 10 heteroatoms. The number of sulfonamides is 1. The van der Waals surface area contributed by atoms with Gasteiger partial charge < -0.3 is 15.0 Å². The SMILES string of the molecule is CS(=O)(=O)N(CCCC(=O)Nc1ccc(N2CCOCC2)cc1)c1ccc(F)c(F)c1. The number of morpholine rings is 1. The molecule has 1 saturated heterocycles. The average molecular weight is 454 g/mol. The monoisotopic (exact) mass is 453 g/mol. The fraction of sp³-hybridized carbons (Fsp3) is 0.381. The Kier molecular flexibility index (Phi) is 7.45. The molecular formula is C21H25F2N3O4S. The van der Waals surface area contributed by atoms with Crippen LogP contribution in [0, 0.1) is 11.6 Å². The zero-order valence-electron chi connectivity index (χ0n) is 17.2. The number of hydrogen-bond acceptors (Lipinski definition) is 5. The van der Waals surface area contributed by atoms with Gasteiger partial charge in [-0.3, -0.25) is 9.10 Å². The Bertz CT molecular complexity index is 1010. The molecule has 0 saturated carbocycles. The van der Waals surface area contributed by atoms with Crippen molar-refractivity contribution in [1.29, 1.82) is 0 Å². The molecule has 168 valence electrons. The van der Waals surface area contributed by atoms with Crippen LogP contribution in [0.15, 0.2) is 42.5 Å². The zero-order valence-corrected chi connectivity index (χ0v) is 18.0. The molecule has 1 amide bonds. The number of nitrogens with zero attached hydrogens (tertiary/aromatic N) is 2. The van der Waals surface area contributed by atoms with E-state index in [0.717, 1.165) is 41.5 Å². The number of halogens is 2. The maximum absolute atomic E-state index is 13.5. The Morgan fingerprint density at radius 3 is 2.39 bits per heavy atom. The van der Waals surface area contributed by atoms with E-state index in [-0.39, 0.29) is 31.0 Å². The van der Waals surface area contributed by atoms with E-state index in [0.29, 0.717) is 18.9 Å². The first-order valence-corrected chi connectivity index (χ1v) is 11.7. The van der Waals surface area contributed by atoms with Crippen LogP contribution in [0.3, 0.4) is 0 Å². The van der Waals surface area contributed by atoms with E-state index in [2.05, 4.69) is 10.2 Å². The Hall–Kier alpha value is -2.72. The molecule has 0 unspecified atom stereocenters. The molecule has 3 rings (SSSR count). The molecule has 1 fully saturated rings. The van der Waals surface area contributed by atoms with Crippen LogP contribution in [0.2, 0.25) is 0 Å². The summed E-state index contributed by atoms with van der Waals surface area (Å²) in [4.78, 5) is 14.5. The van der Waals surface area contributed by atoms with E-state index in [1.54, 1.807) is 0 Å². The van der Waals surface area contributed by atoms with Crippen LogP contribution < -0.4 is 14.5 Å². The highest BCUT2D eigenvalue weighted by Gasteiger charge is 2.19. The molecule has 0 radical (unpaired) electrons. The van der Waals surface area contributed by atoms with E-state index in [1.807, 2.05) is 24.3 Å². The number of carbonyl (C=O) groups excluding carboxylic acids is 1. The van der Waals surface area contributed by atoms with Crippen molar-refractivity contribution in [2.45, 2.75) is 12.8 Å². The summed E-state index contributed by atoms with van der Waals surface area (Å²) < 4.78 is 57.1. The smallest absolute Gasteiger partial charge is 0.232 e. The summed E-state index contributed by atoms with van der Waals surface area (Å²) in [5, 5.41) is 2.78. The second-order valence-corrected chi connectivity index (χ2v) is 9.14. The summed E-state index contributed by atoms with van der Waals surface area (Å²) in [7, 11) is -3.72. The predicted octanol–water partition coefficient (Wildman–Crippen LogP) is 2.99. The minimum Gasteiger partial charge on any atom is -0.378 e. The van der Waals surface area contributed by atoms with Gasteiger partial charge in [-0.25, -0.2) is 17.2 Å². The normalized spacial score (nSPS) is 14.4. The van der Waals surface area contributed by atoms with Gasteiger partial charge in [0.15, 0.2) is 11.6 Å². The topological polar surface area (TPSA) is 79.0 Å². The number of rotatable bonds is 8. The van der Waals surface area contributed by atoms with Crippen molar-refractivity contribution in [2.24, 2.45) is 0 Å². The van der Waals surface area contributed by atoms with Crippen LogP contribution in [0.1, 0.15) is 12.8 Å². The molecule has 1 aliphatic rings. The first-order chi connectivity index (χ1) is 14.7. The number of anilines is 3. The number of amides is 1. The van der Waals surface area contributed by atoms with E-state index in [4.69, 9.17) is 4.74 Å². The fourth-order valence-corrected chi connectivity index (χ4v) is 4.27. The zero-order chi connectivity index (χ0) is 22.4. The lowest BCUT2D eigenvalue weighted by atomic mass is 10.2. The number of benzene rings is 2. The van der Waals surface area contributed by atoms with Gasteiger partial charge in [-0.2, -0.15) is 0 Å². The van der Waals surface area contributed by atoms with E-state index in [9.17, 15) is 22.0 Å². The second-order valence-electron chi connectivity index (χ2n) is 7.23. The molecule has 0 aromatic heterocycles. The highest BCUT2D eigenvalue weighted by Crippen LogP contribution is 2.22. The second kappa shape index (κ2) is 10.1. The van der Waals surface area contributed by atoms with Crippen LogP contribution in [-0.4, -0.2) is 53.4 Å². The largest absolute Gasteiger partial charge is 0.378 e. The van der Waals surface area contributed by atoms with Crippen molar-refractivity contribution in [3.63, 3.8) is 0 Å². The maximum Gasteiger partial charge on any atom is 0.232 e. The Morgan fingerprint density at radius 2 is 1.77 bits per heavy atom. The first kappa shape index (κ1) is 23.0. The molecule has 1 aliphatic heterocycles. The van der Waals surface area contributed by atoms with Crippen LogP contribution >= 0.6 is 0 Å². The summed E-state index contributed by atoms with van der Waals surface area (Å²) >= 11 is 0. The quantitative estimate of drug-likeness (QED) is 0.665. The molecule has 0 spiro atoms. The lowest BCUT2D eigenvalue weighted by Gasteiger charge is -2.28.